The van der Waals surface area contributed by atoms with Crippen molar-refractivity contribution in [3.05, 3.63) is 120 Å². The summed E-state index contributed by atoms with van der Waals surface area (Å²) in [7, 11) is 0. The number of piperazine rings is 1. The molecule has 5 rings (SSSR count). The second-order valence-electron chi connectivity index (χ2n) is 9.86. The molecule has 0 atom stereocenters. The van der Waals surface area contributed by atoms with Gasteiger partial charge in [0.25, 0.3) is 11.8 Å². The van der Waals surface area contributed by atoms with Gasteiger partial charge in [-0.25, -0.2) is 0 Å². The molecule has 1 N–H and O–H groups in total. The van der Waals surface area contributed by atoms with E-state index in [-0.39, 0.29) is 36.6 Å². The first-order valence-corrected chi connectivity index (χ1v) is 13.3. The Morgan fingerprint density at radius 1 is 0.825 bits per heavy atom. The molecule has 40 heavy (non-hydrogen) atoms. The van der Waals surface area contributed by atoms with E-state index in [9.17, 15) is 14.4 Å². The van der Waals surface area contributed by atoms with Crippen LogP contribution in [-0.2, 0) is 11.3 Å². The number of carbonyl (C=O) groups is 3. The van der Waals surface area contributed by atoms with E-state index in [1.54, 1.807) is 12.1 Å². The van der Waals surface area contributed by atoms with Gasteiger partial charge in [0.05, 0.1) is 6.26 Å². The highest BCUT2D eigenvalue weighted by Crippen LogP contribution is 2.21. The van der Waals surface area contributed by atoms with Crippen molar-refractivity contribution in [1.82, 2.24) is 9.80 Å². The Morgan fingerprint density at radius 2 is 1.52 bits per heavy atom. The molecule has 8 heteroatoms. The maximum Gasteiger partial charge on any atom is 0.290 e. The highest BCUT2D eigenvalue weighted by atomic mass is 16.3. The van der Waals surface area contributed by atoms with Gasteiger partial charge >= 0.3 is 0 Å². The van der Waals surface area contributed by atoms with Gasteiger partial charge in [-0.1, -0.05) is 48.0 Å². The van der Waals surface area contributed by atoms with Crippen LogP contribution < -0.4 is 10.2 Å². The summed E-state index contributed by atoms with van der Waals surface area (Å²) in [6, 6.07) is 28.1. The van der Waals surface area contributed by atoms with Crippen LogP contribution in [0.5, 0.6) is 0 Å². The number of hydrogen-bond donors (Lipinski definition) is 1. The lowest BCUT2D eigenvalue weighted by Crippen LogP contribution is -2.48. The highest BCUT2D eigenvalue weighted by molar-refractivity contribution is 5.98. The van der Waals surface area contributed by atoms with Gasteiger partial charge in [-0.15, -0.1) is 0 Å². The van der Waals surface area contributed by atoms with Gasteiger partial charge < -0.3 is 24.4 Å². The lowest BCUT2D eigenvalue weighted by molar-refractivity contribution is -0.117. The van der Waals surface area contributed by atoms with E-state index in [0.717, 1.165) is 29.9 Å². The molecule has 0 radical (unpaired) electrons. The van der Waals surface area contributed by atoms with E-state index in [1.165, 1.54) is 11.2 Å². The smallest absolute Gasteiger partial charge is 0.290 e. The first kappa shape index (κ1) is 26.7. The van der Waals surface area contributed by atoms with E-state index in [4.69, 9.17) is 4.42 Å². The highest BCUT2D eigenvalue weighted by Gasteiger charge is 2.23. The normalized spacial score (nSPS) is 13.1. The third kappa shape index (κ3) is 6.58. The number of benzene rings is 3. The number of hydrogen-bond acceptors (Lipinski definition) is 5. The first-order valence-electron chi connectivity index (χ1n) is 13.3. The van der Waals surface area contributed by atoms with E-state index in [0.29, 0.717) is 24.3 Å². The number of carbonyl (C=O) groups excluding carboxylic acids is 3. The molecule has 1 aromatic heterocycles. The predicted octanol–water partition coefficient (Wildman–Crippen LogP) is 4.83. The fourth-order valence-corrected chi connectivity index (χ4v) is 4.74. The monoisotopic (exact) mass is 536 g/mol. The van der Waals surface area contributed by atoms with Gasteiger partial charge in [0.15, 0.2) is 5.76 Å². The fraction of sp³-hybridized carbons (Fsp3) is 0.219. The molecule has 3 amide bonds. The van der Waals surface area contributed by atoms with Crippen molar-refractivity contribution in [2.24, 2.45) is 0 Å². The van der Waals surface area contributed by atoms with Crippen LogP contribution in [0.25, 0.3) is 0 Å². The van der Waals surface area contributed by atoms with Crippen LogP contribution in [0.1, 0.15) is 32.0 Å². The van der Waals surface area contributed by atoms with Crippen molar-refractivity contribution in [1.29, 1.82) is 0 Å². The maximum atomic E-state index is 13.0. The molecule has 204 valence electrons. The van der Waals surface area contributed by atoms with E-state index in [2.05, 4.69) is 10.2 Å². The van der Waals surface area contributed by atoms with Crippen molar-refractivity contribution in [2.75, 3.05) is 42.9 Å². The summed E-state index contributed by atoms with van der Waals surface area (Å²) in [5, 5.41) is 2.90. The molecule has 0 spiro atoms. The second kappa shape index (κ2) is 12.3. The summed E-state index contributed by atoms with van der Waals surface area (Å²) < 4.78 is 5.28. The molecule has 0 saturated carbocycles. The van der Waals surface area contributed by atoms with Gasteiger partial charge in [-0.2, -0.15) is 0 Å². The van der Waals surface area contributed by atoms with Gasteiger partial charge in [-0.3, -0.25) is 14.4 Å². The predicted molar refractivity (Wildman–Crippen MR) is 154 cm³/mol. The lowest BCUT2D eigenvalue weighted by atomic mass is 10.1. The van der Waals surface area contributed by atoms with E-state index >= 15 is 0 Å². The molecule has 0 bridgehead atoms. The number of aryl methyl sites for hydroxylation is 1. The minimum atomic E-state index is -0.348. The van der Waals surface area contributed by atoms with Crippen LogP contribution in [0, 0.1) is 6.92 Å². The number of nitrogens with one attached hydrogen (secondary N) is 1. The Bertz CT molecular complexity index is 1430. The van der Waals surface area contributed by atoms with Crippen molar-refractivity contribution >= 4 is 29.1 Å². The molecule has 2 heterocycles. The number of amides is 3. The molecule has 4 aromatic rings. The van der Waals surface area contributed by atoms with Crippen LogP contribution in [0.2, 0.25) is 0 Å². The zero-order valence-corrected chi connectivity index (χ0v) is 22.5. The Labute approximate surface area is 233 Å². The molecule has 1 saturated heterocycles. The van der Waals surface area contributed by atoms with E-state index in [1.807, 2.05) is 90.7 Å². The largest absolute Gasteiger partial charge is 0.459 e. The minimum Gasteiger partial charge on any atom is -0.459 e. The van der Waals surface area contributed by atoms with Gasteiger partial charge in [0.2, 0.25) is 5.91 Å². The SMILES string of the molecule is Cc1ccc(C(=O)N2CCN(c3ccc(NC(=O)CN(Cc4ccccc4)C(=O)c4ccco4)cc3)CC2)cc1. The molecule has 1 fully saturated rings. The van der Waals surface area contributed by atoms with Crippen molar-refractivity contribution < 1.29 is 18.8 Å². The topological polar surface area (TPSA) is 86.1 Å². The molecular formula is C32H32N4O4. The number of rotatable bonds is 8. The Hall–Kier alpha value is -4.85. The fourth-order valence-electron chi connectivity index (χ4n) is 4.74. The third-order valence-corrected chi connectivity index (χ3v) is 6.95. The van der Waals surface area contributed by atoms with Gasteiger partial charge in [-0.05, 0) is 61.0 Å². The van der Waals surface area contributed by atoms with Crippen molar-refractivity contribution in [3.63, 3.8) is 0 Å². The quantitative estimate of drug-likeness (QED) is 0.349. The average molecular weight is 537 g/mol. The standard InChI is InChI=1S/C32H32N4O4/c1-24-9-11-26(12-10-24)31(38)35-19-17-34(18-20-35)28-15-13-27(14-16-28)33-30(37)23-36(22-25-6-3-2-4-7-25)32(39)29-8-5-21-40-29/h2-16,21H,17-20,22-23H2,1H3,(H,33,37). The summed E-state index contributed by atoms with van der Waals surface area (Å²) in [6.45, 7) is 4.92. The van der Waals surface area contributed by atoms with Crippen LogP contribution in [-0.4, -0.2) is 60.2 Å². The molecular weight excluding hydrogens is 504 g/mol. The summed E-state index contributed by atoms with van der Waals surface area (Å²) in [5.74, 6) is -0.399. The number of nitrogens with zero attached hydrogens (tertiary/aromatic N) is 3. The van der Waals surface area contributed by atoms with Crippen LogP contribution in [0.4, 0.5) is 11.4 Å². The minimum absolute atomic E-state index is 0.0598. The summed E-state index contributed by atoms with van der Waals surface area (Å²) in [6.07, 6.45) is 1.44. The summed E-state index contributed by atoms with van der Waals surface area (Å²) in [4.78, 5) is 44.3. The second-order valence-corrected chi connectivity index (χ2v) is 9.86. The molecule has 0 unspecified atom stereocenters. The zero-order chi connectivity index (χ0) is 27.9. The van der Waals surface area contributed by atoms with E-state index < -0.39 is 0 Å². The Balaban J connectivity index is 1.16. The van der Waals surface area contributed by atoms with Crippen LogP contribution in [0.3, 0.4) is 0 Å². The first-order chi connectivity index (χ1) is 19.5. The summed E-state index contributed by atoms with van der Waals surface area (Å²) >= 11 is 0. The van der Waals surface area contributed by atoms with Crippen molar-refractivity contribution in [2.45, 2.75) is 13.5 Å². The summed E-state index contributed by atoms with van der Waals surface area (Å²) in [5.41, 5.74) is 4.44. The van der Waals surface area contributed by atoms with Crippen molar-refractivity contribution in [3.8, 4) is 0 Å². The number of anilines is 2. The van der Waals surface area contributed by atoms with Crippen LogP contribution in [0.15, 0.2) is 102 Å². The average Bonchev–Trinajstić information content (AvgIpc) is 3.53. The Morgan fingerprint density at radius 3 is 2.17 bits per heavy atom. The zero-order valence-electron chi connectivity index (χ0n) is 22.5. The molecule has 3 aromatic carbocycles. The van der Waals surface area contributed by atoms with Crippen LogP contribution >= 0.6 is 0 Å². The van der Waals surface area contributed by atoms with Gasteiger partial charge in [0.1, 0.15) is 6.54 Å². The molecule has 1 aliphatic rings. The number of furan rings is 1. The van der Waals surface area contributed by atoms with Gasteiger partial charge in [0, 0.05) is 49.7 Å². The molecule has 8 nitrogen and oxygen atoms in total. The molecule has 1 aliphatic heterocycles. The molecule has 0 aliphatic carbocycles. The lowest BCUT2D eigenvalue weighted by Gasteiger charge is -2.36. The maximum absolute atomic E-state index is 13.0. The Kier molecular flexibility index (Phi) is 8.25. The third-order valence-electron chi connectivity index (χ3n) is 6.95.